The van der Waals surface area contributed by atoms with Crippen molar-refractivity contribution in [2.75, 3.05) is 0 Å². The summed E-state index contributed by atoms with van der Waals surface area (Å²) in [6.07, 6.45) is 0. The second kappa shape index (κ2) is 5.32. The van der Waals surface area contributed by atoms with E-state index in [0.717, 1.165) is 32.7 Å². The standard InChI is InChI=1S/C17H17BrN4/c1-10-7-14(8-11(2)20-10)17(21-12(3)16(19)22-17)13-5-4-6-15(18)9-13/h4-9H,1-3H3,(H2,19,22). The third kappa shape index (κ3) is 2.46. The van der Waals surface area contributed by atoms with Gasteiger partial charge in [0, 0.05) is 27.0 Å². The van der Waals surface area contributed by atoms with Crippen LogP contribution in [0.15, 0.2) is 50.9 Å². The Bertz CT molecular complexity index is 770. The Kier molecular flexibility index (Phi) is 3.60. The number of aliphatic imine (C=N–C) groups is 2. The highest BCUT2D eigenvalue weighted by molar-refractivity contribution is 9.10. The SMILES string of the molecule is CC1=NC(c2cccc(Br)c2)(c2cc(C)nc(C)c2)N=C1N. The molecule has 0 bridgehead atoms. The molecule has 1 aliphatic rings. The molecule has 1 atom stereocenters. The molecule has 0 radical (unpaired) electrons. The zero-order chi connectivity index (χ0) is 15.9. The zero-order valence-electron chi connectivity index (χ0n) is 12.8. The monoisotopic (exact) mass is 356 g/mol. The molecule has 0 amide bonds. The first-order chi connectivity index (χ1) is 10.4. The minimum Gasteiger partial charge on any atom is -0.382 e. The molecule has 112 valence electrons. The van der Waals surface area contributed by atoms with E-state index < -0.39 is 5.66 Å². The average molecular weight is 357 g/mol. The summed E-state index contributed by atoms with van der Waals surface area (Å²) in [6, 6.07) is 12.1. The average Bonchev–Trinajstić information content (AvgIpc) is 2.75. The van der Waals surface area contributed by atoms with Crippen LogP contribution in [0.1, 0.15) is 29.4 Å². The quantitative estimate of drug-likeness (QED) is 0.894. The molecule has 2 heterocycles. The lowest BCUT2D eigenvalue weighted by Gasteiger charge is -2.25. The minimum atomic E-state index is -0.823. The Labute approximate surface area is 138 Å². The lowest BCUT2D eigenvalue weighted by atomic mass is 9.92. The number of amidine groups is 1. The Morgan fingerprint density at radius 2 is 1.64 bits per heavy atom. The molecule has 0 spiro atoms. The van der Waals surface area contributed by atoms with Crippen LogP contribution in [0.3, 0.4) is 0 Å². The molecule has 22 heavy (non-hydrogen) atoms. The molecule has 0 saturated heterocycles. The van der Waals surface area contributed by atoms with Crippen molar-refractivity contribution in [1.29, 1.82) is 0 Å². The van der Waals surface area contributed by atoms with Crippen LogP contribution in [0, 0.1) is 13.8 Å². The molecule has 0 saturated carbocycles. The predicted molar refractivity (Wildman–Crippen MR) is 93.4 cm³/mol. The summed E-state index contributed by atoms with van der Waals surface area (Å²) in [5, 5.41) is 0. The van der Waals surface area contributed by atoms with Crippen molar-refractivity contribution in [3.8, 4) is 0 Å². The van der Waals surface area contributed by atoms with Crippen LogP contribution < -0.4 is 5.73 Å². The maximum atomic E-state index is 6.03. The molecule has 1 aromatic heterocycles. The van der Waals surface area contributed by atoms with Crippen molar-refractivity contribution in [3.05, 3.63) is 63.4 Å². The number of pyridine rings is 1. The van der Waals surface area contributed by atoms with Gasteiger partial charge in [-0.2, -0.15) is 0 Å². The Hall–Kier alpha value is -2.01. The summed E-state index contributed by atoms with van der Waals surface area (Å²) in [6.45, 7) is 5.84. The zero-order valence-corrected chi connectivity index (χ0v) is 14.3. The van der Waals surface area contributed by atoms with E-state index >= 15 is 0 Å². The summed E-state index contributed by atoms with van der Waals surface area (Å²) in [4.78, 5) is 14.0. The van der Waals surface area contributed by atoms with Crippen LogP contribution in [0.4, 0.5) is 0 Å². The van der Waals surface area contributed by atoms with E-state index in [9.17, 15) is 0 Å². The highest BCUT2D eigenvalue weighted by Crippen LogP contribution is 2.39. The van der Waals surface area contributed by atoms with Crippen molar-refractivity contribution in [3.63, 3.8) is 0 Å². The number of halogens is 1. The van der Waals surface area contributed by atoms with Gasteiger partial charge in [-0.3, -0.25) is 4.98 Å². The van der Waals surface area contributed by atoms with Crippen molar-refractivity contribution in [2.45, 2.75) is 26.4 Å². The fraction of sp³-hybridized carbons (Fsp3) is 0.235. The van der Waals surface area contributed by atoms with Crippen LogP contribution in [0.5, 0.6) is 0 Å². The molecule has 1 aromatic carbocycles. The van der Waals surface area contributed by atoms with E-state index in [1.54, 1.807) is 0 Å². The van der Waals surface area contributed by atoms with Gasteiger partial charge in [0.15, 0.2) is 0 Å². The molecule has 2 aromatic rings. The van der Waals surface area contributed by atoms with E-state index in [1.807, 2.05) is 57.2 Å². The Morgan fingerprint density at radius 3 is 2.18 bits per heavy atom. The lowest BCUT2D eigenvalue weighted by molar-refractivity contribution is 0.585. The number of benzene rings is 1. The van der Waals surface area contributed by atoms with Gasteiger partial charge in [0.05, 0.1) is 5.71 Å². The molecule has 5 heteroatoms. The molecule has 4 nitrogen and oxygen atoms in total. The predicted octanol–water partition coefficient (Wildman–Crippen LogP) is 3.49. The minimum absolute atomic E-state index is 0.479. The summed E-state index contributed by atoms with van der Waals surface area (Å²) < 4.78 is 0.986. The van der Waals surface area contributed by atoms with Gasteiger partial charge in [0.25, 0.3) is 0 Å². The van der Waals surface area contributed by atoms with E-state index in [1.165, 1.54) is 0 Å². The number of nitrogens with zero attached hydrogens (tertiary/aromatic N) is 3. The molecule has 0 fully saturated rings. The maximum absolute atomic E-state index is 6.03. The number of hydrogen-bond donors (Lipinski definition) is 1. The normalized spacial score (nSPS) is 20.7. The van der Waals surface area contributed by atoms with Gasteiger partial charge in [-0.15, -0.1) is 0 Å². The third-order valence-electron chi connectivity index (χ3n) is 3.69. The topological polar surface area (TPSA) is 63.6 Å². The first kappa shape index (κ1) is 14.9. The van der Waals surface area contributed by atoms with Gasteiger partial charge >= 0.3 is 0 Å². The molecular weight excluding hydrogens is 340 g/mol. The van der Waals surface area contributed by atoms with Gasteiger partial charge in [-0.25, -0.2) is 9.98 Å². The molecular formula is C17H17BrN4. The van der Waals surface area contributed by atoms with Crippen LogP contribution in [-0.2, 0) is 5.66 Å². The highest BCUT2D eigenvalue weighted by atomic mass is 79.9. The van der Waals surface area contributed by atoms with Crippen molar-refractivity contribution >= 4 is 27.5 Å². The van der Waals surface area contributed by atoms with Crippen LogP contribution >= 0.6 is 15.9 Å². The van der Waals surface area contributed by atoms with Gasteiger partial charge in [-0.1, -0.05) is 28.1 Å². The van der Waals surface area contributed by atoms with Gasteiger partial charge < -0.3 is 5.73 Å². The van der Waals surface area contributed by atoms with E-state index in [2.05, 4.69) is 20.9 Å². The molecule has 1 unspecified atom stereocenters. The van der Waals surface area contributed by atoms with E-state index in [4.69, 9.17) is 15.7 Å². The maximum Gasteiger partial charge on any atom is 0.204 e. The summed E-state index contributed by atoms with van der Waals surface area (Å²) in [7, 11) is 0. The first-order valence-electron chi connectivity index (χ1n) is 7.05. The highest BCUT2D eigenvalue weighted by Gasteiger charge is 2.38. The van der Waals surface area contributed by atoms with E-state index in [0.29, 0.717) is 5.84 Å². The second-order valence-electron chi connectivity index (χ2n) is 5.52. The number of rotatable bonds is 2. The second-order valence-corrected chi connectivity index (χ2v) is 6.43. The third-order valence-corrected chi connectivity index (χ3v) is 4.19. The van der Waals surface area contributed by atoms with Crippen molar-refractivity contribution in [2.24, 2.45) is 15.7 Å². The fourth-order valence-corrected chi connectivity index (χ4v) is 3.15. The summed E-state index contributed by atoms with van der Waals surface area (Å²) in [5.74, 6) is 0.479. The largest absolute Gasteiger partial charge is 0.382 e. The van der Waals surface area contributed by atoms with E-state index in [-0.39, 0.29) is 0 Å². The van der Waals surface area contributed by atoms with Crippen LogP contribution in [0.2, 0.25) is 0 Å². The van der Waals surface area contributed by atoms with Crippen molar-refractivity contribution < 1.29 is 0 Å². The summed E-state index contributed by atoms with van der Waals surface area (Å²) in [5.41, 5.74) is 9.81. The molecule has 1 aliphatic heterocycles. The molecule has 2 N–H and O–H groups in total. The number of nitrogens with two attached hydrogens (primary N) is 1. The van der Waals surface area contributed by atoms with Crippen LogP contribution in [-0.4, -0.2) is 16.5 Å². The summed E-state index contributed by atoms with van der Waals surface area (Å²) >= 11 is 3.52. The van der Waals surface area contributed by atoms with Gasteiger partial charge in [0.2, 0.25) is 5.66 Å². The Morgan fingerprint density at radius 1 is 0.955 bits per heavy atom. The fourth-order valence-electron chi connectivity index (χ4n) is 2.75. The first-order valence-corrected chi connectivity index (χ1v) is 7.84. The van der Waals surface area contributed by atoms with Gasteiger partial charge in [0.1, 0.15) is 5.84 Å². The number of aromatic nitrogens is 1. The van der Waals surface area contributed by atoms with Crippen LogP contribution in [0.25, 0.3) is 0 Å². The Balaban J connectivity index is 2.30. The smallest absolute Gasteiger partial charge is 0.204 e. The molecule has 3 rings (SSSR count). The molecule has 0 aliphatic carbocycles. The lowest BCUT2D eigenvalue weighted by Crippen LogP contribution is -2.22. The number of hydrogen-bond acceptors (Lipinski definition) is 4. The van der Waals surface area contributed by atoms with Crippen molar-refractivity contribution in [1.82, 2.24) is 4.98 Å². The van der Waals surface area contributed by atoms with Gasteiger partial charge in [-0.05, 0) is 45.0 Å². The number of aryl methyl sites for hydroxylation is 2.